The quantitative estimate of drug-likeness (QED) is 0.926. The molecule has 1 aromatic heterocycles. The number of rotatable bonds is 3. The smallest absolute Gasteiger partial charge is 0.226 e. The van der Waals surface area contributed by atoms with Crippen LogP contribution in [0.25, 0.3) is 0 Å². The molecule has 2 aromatic rings. The number of anilines is 2. The minimum absolute atomic E-state index is 0.0159. The highest BCUT2D eigenvalue weighted by molar-refractivity contribution is 7.16. The van der Waals surface area contributed by atoms with Crippen molar-refractivity contribution in [2.24, 2.45) is 0 Å². The molecule has 1 N–H and O–H groups in total. The summed E-state index contributed by atoms with van der Waals surface area (Å²) in [5.74, 6) is 1.59. The van der Waals surface area contributed by atoms with Crippen molar-refractivity contribution < 1.29 is 14.3 Å². The molecule has 0 aliphatic carbocycles. The summed E-state index contributed by atoms with van der Waals surface area (Å²) in [5.41, 5.74) is 1.11. The molecule has 6 nitrogen and oxygen atoms in total. The van der Waals surface area contributed by atoms with Gasteiger partial charge in [0.25, 0.3) is 0 Å². The minimum Gasteiger partial charge on any atom is -0.497 e. The summed E-state index contributed by atoms with van der Waals surface area (Å²) in [6.07, 6.45) is 0.448. The standard InChI is InChI=1S/C17H19N3O3S/c1-22-12-4-2-11(3-5-12)13-10-14(21)18-16-15(13)24-17(19-16)20-6-8-23-9-7-20/h2-5,13H,6-10H2,1H3,(H,18,21)/t13-/m0/s1. The highest BCUT2D eigenvalue weighted by Gasteiger charge is 2.31. The first kappa shape index (κ1) is 15.4. The van der Waals surface area contributed by atoms with Crippen LogP contribution in [0.1, 0.15) is 22.8 Å². The fourth-order valence-corrected chi connectivity index (χ4v) is 4.30. The predicted octanol–water partition coefficient (Wildman–Crippen LogP) is 2.46. The van der Waals surface area contributed by atoms with Crippen LogP contribution in [0.5, 0.6) is 5.75 Å². The molecule has 0 radical (unpaired) electrons. The largest absolute Gasteiger partial charge is 0.497 e. The summed E-state index contributed by atoms with van der Waals surface area (Å²) in [6, 6.07) is 7.93. The van der Waals surface area contributed by atoms with Crippen molar-refractivity contribution in [3.63, 3.8) is 0 Å². The number of carbonyl (C=O) groups is 1. The lowest BCUT2D eigenvalue weighted by Crippen LogP contribution is -2.36. The summed E-state index contributed by atoms with van der Waals surface area (Å²) in [6.45, 7) is 3.12. The number of fused-ring (bicyclic) bond motifs is 1. The normalized spacial score (nSPS) is 20.5. The lowest BCUT2D eigenvalue weighted by molar-refractivity contribution is -0.116. The molecule has 2 aliphatic rings. The van der Waals surface area contributed by atoms with Gasteiger partial charge >= 0.3 is 0 Å². The second-order valence-electron chi connectivity index (χ2n) is 5.89. The molecule has 0 bridgehead atoms. The Morgan fingerprint density at radius 3 is 2.75 bits per heavy atom. The van der Waals surface area contributed by atoms with Gasteiger partial charge in [0.15, 0.2) is 5.13 Å². The average molecular weight is 345 g/mol. The molecule has 0 unspecified atom stereocenters. The monoisotopic (exact) mass is 345 g/mol. The molecule has 126 valence electrons. The maximum absolute atomic E-state index is 12.1. The van der Waals surface area contributed by atoms with Gasteiger partial charge in [-0.05, 0) is 17.7 Å². The van der Waals surface area contributed by atoms with Crippen molar-refractivity contribution in [2.75, 3.05) is 43.6 Å². The van der Waals surface area contributed by atoms with E-state index in [0.717, 1.165) is 47.6 Å². The first-order valence-electron chi connectivity index (χ1n) is 8.02. The van der Waals surface area contributed by atoms with Crippen molar-refractivity contribution in [3.05, 3.63) is 34.7 Å². The first-order chi connectivity index (χ1) is 11.7. The van der Waals surface area contributed by atoms with Gasteiger partial charge < -0.3 is 19.7 Å². The maximum Gasteiger partial charge on any atom is 0.226 e. The maximum atomic E-state index is 12.1. The molecule has 3 heterocycles. The molecule has 24 heavy (non-hydrogen) atoms. The summed E-state index contributed by atoms with van der Waals surface area (Å²) < 4.78 is 10.6. The number of methoxy groups -OCH3 is 1. The van der Waals surface area contributed by atoms with E-state index in [9.17, 15) is 4.79 Å². The van der Waals surface area contributed by atoms with Gasteiger partial charge in [0.2, 0.25) is 5.91 Å². The summed E-state index contributed by atoms with van der Waals surface area (Å²) in [5, 5.41) is 3.88. The Hall–Kier alpha value is -2.12. The SMILES string of the molecule is COc1ccc([C@@H]2CC(=O)Nc3nc(N4CCOCC4)sc32)cc1. The third-order valence-electron chi connectivity index (χ3n) is 4.41. The zero-order valence-corrected chi connectivity index (χ0v) is 14.3. The molecule has 1 saturated heterocycles. The summed E-state index contributed by atoms with van der Waals surface area (Å²) in [4.78, 5) is 20.1. The Bertz CT molecular complexity index is 738. The van der Waals surface area contributed by atoms with Gasteiger partial charge in [-0.3, -0.25) is 4.79 Å². The van der Waals surface area contributed by atoms with E-state index in [1.807, 2.05) is 24.3 Å². The molecule has 4 rings (SSSR count). The highest BCUT2D eigenvalue weighted by atomic mass is 32.1. The van der Waals surface area contributed by atoms with Crippen LogP contribution >= 0.6 is 11.3 Å². The lowest BCUT2D eigenvalue weighted by atomic mass is 9.91. The predicted molar refractivity (Wildman–Crippen MR) is 93.2 cm³/mol. The third kappa shape index (κ3) is 2.85. The van der Waals surface area contributed by atoms with Crippen LogP contribution in [0.2, 0.25) is 0 Å². The number of carbonyl (C=O) groups excluding carboxylic acids is 1. The molecule has 1 atom stereocenters. The van der Waals surface area contributed by atoms with E-state index in [1.54, 1.807) is 18.4 Å². The van der Waals surface area contributed by atoms with Crippen LogP contribution in [-0.2, 0) is 9.53 Å². The van der Waals surface area contributed by atoms with Gasteiger partial charge in [-0.1, -0.05) is 23.5 Å². The van der Waals surface area contributed by atoms with E-state index in [1.165, 1.54) is 0 Å². The van der Waals surface area contributed by atoms with E-state index in [-0.39, 0.29) is 11.8 Å². The van der Waals surface area contributed by atoms with Crippen LogP contribution in [0.3, 0.4) is 0 Å². The number of hydrogen-bond donors (Lipinski definition) is 1. The summed E-state index contributed by atoms with van der Waals surface area (Å²) >= 11 is 1.67. The van der Waals surface area contributed by atoms with E-state index < -0.39 is 0 Å². The zero-order valence-electron chi connectivity index (χ0n) is 13.4. The molecule has 7 heteroatoms. The van der Waals surface area contributed by atoms with Crippen LogP contribution in [-0.4, -0.2) is 44.3 Å². The van der Waals surface area contributed by atoms with Crippen LogP contribution in [0.15, 0.2) is 24.3 Å². The number of aromatic nitrogens is 1. The minimum atomic E-state index is 0.0159. The highest BCUT2D eigenvalue weighted by Crippen LogP contribution is 2.43. The molecular weight excluding hydrogens is 326 g/mol. The van der Waals surface area contributed by atoms with Crippen LogP contribution in [0, 0.1) is 0 Å². The van der Waals surface area contributed by atoms with Gasteiger partial charge in [0.05, 0.1) is 25.2 Å². The Labute approximate surface area is 144 Å². The number of nitrogens with one attached hydrogen (secondary N) is 1. The van der Waals surface area contributed by atoms with Crippen LogP contribution < -0.4 is 15.0 Å². The van der Waals surface area contributed by atoms with Gasteiger partial charge in [0, 0.05) is 25.4 Å². The second kappa shape index (κ2) is 6.41. The first-order valence-corrected chi connectivity index (χ1v) is 8.83. The second-order valence-corrected chi connectivity index (χ2v) is 6.90. The van der Waals surface area contributed by atoms with E-state index >= 15 is 0 Å². The zero-order chi connectivity index (χ0) is 16.5. The molecule has 1 amide bonds. The van der Waals surface area contributed by atoms with Gasteiger partial charge in [0.1, 0.15) is 11.6 Å². The lowest BCUT2D eigenvalue weighted by Gasteiger charge is -2.26. The van der Waals surface area contributed by atoms with Crippen molar-refractivity contribution in [1.29, 1.82) is 0 Å². The van der Waals surface area contributed by atoms with Crippen molar-refractivity contribution in [3.8, 4) is 5.75 Å². The Kier molecular flexibility index (Phi) is 4.12. The van der Waals surface area contributed by atoms with Crippen molar-refractivity contribution >= 4 is 28.2 Å². The number of amides is 1. The average Bonchev–Trinajstić information content (AvgIpc) is 3.06. The number of ether oxygens (including phenoxy) is 2. The third-order valence-corrected chi connectivity index (χ3v) is 5.64. The number of nitrogens with zero attached hydrogens (tertiary/aromatic N) is 2. The Morgan fingerprint density at radius 1 is 1.29 bits per heavy atom. The Morgan fingerprint density at radius 2 is 2.04 bits per heavy atom. The fraction of sp³-hybridized carbons (Fsp3) is 0.412. The number of hydrogen-bond acceptors (Lipinski definition) is 6. The molecule has 0 spiro atoms. The topological polar surface area (TPSA) is 63.7 Å². The van der Waals surface area contributed by atoms with Gasteiger partial charge in [-0.15, -0.1) is 0 Å². The van der Waals surface area contributed by atoms with E-state index in [2.05, 4.69) is 15.2 Å². The fourth-order valence-electron chi connectivity index (χ4n) is 3.10. The number of thiazole rings is 1. The van der Waals surface area contributed by atoms with E-state index in [0.29, 0.717) is 12.2 Å². The molecule has 0 saturated carbocycles. The number of benzene rings is 1. The van der Waals surface area contributed by atoms with Crippen molar-refractivity contribution in [2.45, 2.75) is 12.3 Å². The van der Waals surface area contributed by atoms with Gasteiger partial charge in [-0.2, -0.15) is 0 Å². The number of morpholine rings is 1. The molecule has 1 aromatic carbocycles. The van der Waals surface area contributed by atoms with Gasteiger partial charge in [-0.25, -0.2) is 4.98 Å². The molecule has 2 aliphatic heterocycles. The molecular formula is C17H19N3O3S. The summed E-state index contributed by atoms with van der Waals surface area (Å²) in [7, 11) is 1.65. The van der Waals surface area contributed by atoms with E-state index in [4.69, 9.17) is 9.47 Å². The van der Waals surface area contributed by atoms with Crippen molar-refractivity contribution in [1.82, 2.24) is 4.98 Å². The Balaban J connectivity index is 1.67. The molecule has 1 fully saturated rings. The van der Waals surface area contributed by atoms with Crippen LogP contribution in [0.4, 0.5) is 10.9 Å².